The van der Waals surface area contributed by atoms with E-state index in [0.29, 0.717) is 12.6 Å². The number of aromatic nitrogens is 2. The van der Waals surface area contributed by atoms with Gasteiger partial charge in [0.1, 0.15) is 5.82 Å². The SMILES string of the molecule is COC(=O)c1nccc(N2CCCCC2CN)n1. The predicted molar refractivity (Wildman–Crippen MR) is 67.4 cm³/mol. The number of rotatable bonds is 3. The van der Waals surface area contributed by atoms with Crippen LogP contribution in [-0.4, -0.2) is 42.2 Å². The van der Waals surface area contributed by atoms with Crippen LogP contribution in [0.25, 0.3) is 0 Å². The van der Waals surface area contributed by atoms with Crippen molar-refractivity contribution in [3.8, 4) is 0 Å². The zero-order valence-electron chi connectivity index (χ0n) is 10.5. The third-order valence-electron chi connectivity index (χ3n) is 3.20. The summed E-state index contributed by atoms with van der Waals surface area (Å²) in [6, 6.07) is 2.10. The Morgan fingerprint density at radius 3 is 3.17 bits per heavy atom. The van der Waals surface area contributed by atoms with Crippen molar-refractivity contribution in [1.29, 1.82) is 0 Å². The van der Waals surface area contributed by atoms with Gasteiger partial charge < -0.3 is 15.4 Å². The second kappa shape index (κ2) is 5.77. The molecule has 0 aliphatic carbocycles. The highest BCUT2D eigenvalue weighted by atomic mass is 16.5. The van der Waals surface area contributed by atoms with Crippen molar-refractivity contribution in [1.82, 2.24) is 9.97 Å². The molecule has 0 spiro atoms. The highest BCUT2D eigenvalue weighted by Gasteiger charge is 2.23. The molecule has 2 heterocycles. The summed E-state index contributed by atoms with van der Waals surface area (Å²) in [5.74, 6) is 0.329. The summed E-state index contributed by atoms with van der Waals surface area (Å²) in [4.78, 5) is 21.7. The lowest BCUT2D eigenvalue weighted by molar-refractivity contribution is 0.0586. The van der Waals surface area contributed by atoms with Crippen molar-refractivity contribution in [2.45, 2.75) is 25.3 Å². The summed E-state index contributed by atoms with van der Waals surface area (Å²) in [6.45, 7) is 1.51. The first-order valence-electron chi connectivity index (χ1n) is 6.14. The van der Waals surface area contributed by atoms with Crippen LogP contribution in [-0.2, 0) is 4.74 Å². The van der Waals surface area contributed by atoms with E-state index in [2.05, 4.69) is 19.6 Å². The van der Waals surface area contributed by atoms with E-state index >= 15 is 0 Å². The standard InChI is InChI=1S/C12H18N4O2/c1-18-12(17)11-14-6-5-10(15-11)16-7-3-2-4-9(16)8-13/h5-6,9H,2-4,7-8,13H2,1H3. The van der Waals surface area contributed by atoms with Crippen LogP contribution in [0.1, 0.15) is 29.9 Å². The van der Waals surface area contributed by atoms with Gasteiger partial charge in [0.2, 0.25) is 5.82 Å². The average molecular weight is 250 g/mol. The minimum Gasteiger partial charge on any atom is -0.463 e. The van der Waals surface area contributed by atoms with Crippen LogP contribution in [0.3, 0.4) is 0 Å². The van der Waals surface area contributed by atoms with Crippen molar-refractivity contribution in [2.24, 2.45) is 5.73 Å². The lowest BCUT2D eigenvalue weighted by Gasteiger charge is -2.35. The zero-order chi connectivity index (χ0) is 13.0. The smallest absolute Gasteiger partial charge is 0.376 e. The maximum atomic E-state index is 11.4. The Morgan fingerprint density at radius 2 is 2.44 bits per heavy atom. The second-order valence-corrected chi connectivity index (χ2v) is 4.31. The van der Waals surface area contributed by atoms with Crippen molar-refractivity contribution >= 4 is 11.8 Å². The summed E-state index contributed by atoms with van der Waals surface area (Å²) in [5.41, 5.74) is 5.78. The van der Waals surface area contributed by atoms with Gasteiger partial charge >= 0.3 is 5.97 Å². The number of hydrogen-bond donors (Lipinski definition) is 1. The predicted octanol–water partition coefficient (Wildman–Crippen LogP) is 0.581. The monoisotopic (exact) mass is 250 g/mol. The molecule has 1 aromatic rings. The van der Waals surface area contributed by atoms with Crippen LogP contribution in [0.4, 0.5) is 5.82 Å². The second-order valence-electron chi connectivity index (χ2n) is 4.31. The van der Waals surface area contributed by atoms with E-state index in [4.69, 9.17) is 5.73 Å². The van der Waals surface area contributed by atoms with Crippen LogP contribution in [0, 0.1) is 0 Å². The van der Waals surface area contributed by atoms with Crippen molar-refractivity contribution in [2.75, 3.05) is 25.1 Å². The molecule has 1 aromatic heterocycles. The molecule has 2 rings (SSSR count). The van der Waals surface area contributed by atoms with Crippen LogP contribution < -0.4 is 10.6 Å². The summed E-state index contributed by atoms with van der Waals surface area (Å²) in [5, 5.41) is 0. The molecule has 1 aliphatic rings. The number of carbonyl (C=O) groups excluding carboxylic acids is 1. The van der Waals surface area contributed by atoms with Gasteiger partial charge in [-0.25, -0.2) is 14.8 Å². The van der Waals surface area contributed by atoms with Gasteiger partial charge in [0.05, 0.1) is 7.11 Å². The Morgan fingerprint density at radius 1 is 1.61 bits per heavy atom. The molecule has 0 radical (unpaired) electrons. The first kappa shape index (κ1) is 12.8. The van der Waals surface area contributed by atoms with E-state index in [9.17, 15) is 4.79 Å². The number of carbonyl (C=O) groups is 1. The highest BCUT2D eigenvalue weighted by molar-refractivity contribution is 5.85. The van der Waals surface area contributed by atoms with E-state index in [1.807, 2.05) is 0 Å². The fourth-order valence-corrected chi connectivity index (χ4v) is 2.25. The maximum absolute atomic E-state index is 11.4. The number of nitrogens with two attached hydrogens (primary N) is 1. The van der Waals surface area contributed by atoms with Crippen LogP contribution in [0.15, 0.2) is 12.3 Å². The Bertz CT molecular complexity index is 424. The number of hydrogen-bond acceptors (Lipinski definition) is 6. The maximum Gasteiger partial charge on any atom is 0.376 e. The third kappa shape index (κ3) is 2.59. The van der Waals surface area contributed by atoms with E-state index in [-0.39, 0.29) is 5.82 Å². The van der Waals surface area contributed by atoms with Gasteiger partial charge in [-0.15, -0.1) is 0 Å². The van der Waals surface area contributed by atoms with E-state index < -0.39 is 5.97 Å². The summed E-state index contributed by atoms with van der Waals surface area (Å²) in [7, 11) is 1.32. The topological polar surface area (TPSA) is 81.3 Å². The molecule has 1 saturated heterocycles. The molecule has 6 heteroatoms. The molecule has 6 nitrogen and oxygen atoms in total. The normalized spacial score (nSPS) is 19.7. The molecule has 18 heavy (non-hydrogen) atoms. The lowest BCUT2D eigenvalue weighted by Crippen LogP contribution is -2.44. The minimum absolute atomic E-state index is 0.0938. The summed E-state index contributed by atoms with van der Waals surface area (Å²) < 4.78 is 4.62. The van der Waals surface area contributed by atoms with Crippen LogP contribution >= 0.6 is 0 Å². The van der Waals surface area contributed by atoms with Gasteiger partial charge in [0, 0.05) is 25.3 Å². The molecule has 1 aliphatic heterocycles. The number of nitrogens with zero attached hydrogens (tertiary/aromatic N) is 3. The van der Waals surface area contributed by atoms with Gasteiger partial charge in [-0.1, -0.05) is 0 Å². The van der Waals surface area contributed by atoms with Gasteiger partial charge in [0.15, 0.2) is 0 Å². The number of anilines is 1. The first-order valence-corrected chi connectivity index (χ1v) is 6.14. The van der Waals surface area contributed by atoms with E-state index in [1.54, 1.807) is 12.3 Å². The van der Waals surface area contributed by atoms with Gasteiger partial charge in [-0.2, -0.15) is 0 Å². The van der Waals surface area contributed by atoms with E-state index in [1.165, 1.54) is 13.5 Å². The largest absolute Gasteiger partial charge is 0.463 e. The molecule has 1 fully saturated rings. The molecular weight excluding hydrogens is 232 g/mol. The Balaban J connectivity index is 2.23. The lowest BCUT2D eigenvalue weighted by atomic mass is 10.0. The van der Waals surface area contributed by atoms with Crippen molar-refractivity contribution in [3.05, 3.63) is 18.1 Å². The molecular formula is C12H18N4O2. The van der Waals surface area contributed by atoms with Gasteiger partial charge in [-0.05, 0) is 25.3 Å². The Kier molecular flexibility index (Phi) is 4.09. The number of piperidine rings is 1. The van der Waals surface area contributed by atoms with Crippen LogP contribution in [0.5, 0.6) is 0 Å². The summed E-state index contributed by atoms with van der Waals surface area (Å²) >= 11 is 0. The highest BCUT2D eigenvalue weighted by Crippen LogP contribution is 2.22. The molecule has 2 N–H and O–H groups in total. The van der Waals surface area contributed by atoms with Crippen molar-refractivity contribution in [3.63, 3.8) is 0 Å². The number of esters is 1. The fourth-order valence-electron chi connectivity index (χ4n) is 2.25. The molecule has 0 bridgehead atoms. The molecule has 98 valence electrons. The third-order valence-corrected chi connectivity index (χ3v) is 3.20. The van der Waals surface area contributed by atoms with Crippen LogP contribution in [0.2, 0.25) is 0 Å². The Hall–Kier alpha value is -1.69. The van der Waals surface area contributed by atoms with E-state index in [0.717, 1.165) is 25.2 Å². The summed E-state index contributed by atoms with van der Waals surface area (Å²) in [6.07, 6.45) is 4.95. The quantitative estimate of drug-likeness (QED) is 0.790. The first-order chi connectivity index (χ1) is 8.76. The minimum atomic E-state index is -0.516. The number of ether oxygens (including phenoxy) is 1. The molecule has 0 amide bonds. The molecule has 1 atom stereocenters. The molecule has 0 saturated carbocycles. The van der Waals surface area contributed by atoms with Gasteiger partial charge in [-0.3, -0.25) is 0 Å². The Labute approximate surface area is 106 Å². The molecule has 0 aromatic carbocycles. The molecule has 1 unspecified atom stereocenters. The van der Waals surface area contributed by atoms with Gasteiger partial charge in [0.25, 0.3) is 0 Å². The number of methoxy groups -OCH3 is 1. The average Bonchev–Trinajstić information content (AvgIpc) is 2.46. The zero-order valence-corrected chi connectivity index (χ0v) is 10.5. The fraction of sp³-hybridized carbons (Fsp3) is 0.583. The van der Waals surface area contributed by atoms with Crippen molar-refractivity contribution < 1.29 is 9.53 Å².